The lowest BCUT2D eigenvalue weighted by atomic mass is 10.3. The van der Waals surface area contributed by atoms with E-state index in [9.17, 15) is 4.79 Å². The third kappa shape index (κ3) is 4.44. The van der Waals surface area contributed by atoms with Crippen molar-refractivity contribution in [2.45, 2.75) is 18.2 Å². The Balaban J connectivity index is 2.39. The molecule has 0 fully saturated rings. The zero-order valence-electron chi connectivity index (χ0n) is 9.03. The van der Waals surface area contributed by atoms with Crippen LogP contribution in [0, 0.1) is 0 Å². The van der Waals surface area contributed by atoms with Gasteiger partial charge >= 0.3 is 0 Å². The van der Waals surface area contributed by atoms with E-state index < -0.39 is 0 Å². The van der Waals surface area contributed by atoms with Gasteiger partial charge in [-0.2, -0.15) is 0 Å². The van der Waals surface area contributed by atoms with Crippen molar-refractivity contribution in [1.82, 2.24) is 4.98 Å². The molecule has 0 radical (unpaired) electrons. The second-order valence-corrected chi connectivity index (χ2v) is 4.30. The topological polar surface area (TPSA) is 39.2 Å². The second kappa shape index (κ2) is 6.58. The fourth-order valence-electron chi connectivity index (χ4n) is 1.07. The van der Waals surface area contributed by atoms with E-state index in [0.29, 0.717) is 5.69 Å². The Hall–Kier alpha value is -0.870. The SMILES string of the molecule is COCCCSc1ccc(C(C)=O)nc1. The third-order valence-electron chi connectivity index (χ3n) is 1.86. The molecule has 0 saturated heterocycles. The summed E-state index contributed by atoms with van der Waals surface area (Å²) in [6.07, 6.45) is 2.77. The first kappa shape index (κ1) is 12.2. The van der Waals surface area contributed by atoms with Crippen LogP contribution in [0.5, 0.6) is 0 Å². The van der Waals surface area contributed by atoms with E-state index in [1.165, 1.54) is 6.92 Å². The van der Waals surface area contributed by atoms with E-state index in [1.54, 1.807) is 31.1 Å². The molecule has 0 unspecified atom stereocenters. The maximum atomic E-state index is 11.0. The van der Waals surface area contributed by atoms with E-state index in [4.69, 9.17) is 4.74 Å². The standard InChI is InChI=1S/C11H15NO2S/c1-9(13)11-5-4-10(8-12-11)15-7-3-6-14-2/h4-5,8H,3,6-7H2,1-2H3. The van der Waals surface area contributed by atoms with Crippen LogP contribution in [-0.4, -0.2) is 30.2 Å². The predicted octanol–water partition coefficient (Wildman–Crippen LogP) is 2.41. The molecule has 0 amide bonds. The molecular formula is C11H15NO2S. The molecular weight excluding hydrogens is 210 g/mol. The Morgan fingerprint density at radius 1 is 1.53 bits per heavy atom. The van der Waals surface area contributed by atoms with Crippen LogP contribution in [-0.2, 0) is 4.74 Å². The number of methoxy groups -OCH3 is 1. The van der Waals surface area contributed by atoms with Gasteiger partial charge in [-0.1, -0.05) is 0 Å². The number of nitrogens with zero attached hydrogens (tertiary/aromatic N) is 1. The van der Waals surface area contributed by atoms with Gasteiger partial charge in [0, 0.05) is 37.5 Å². The van der Waals surface area contributed by atoms with Crippen molar-refractivity contribution in [2.75, 3.05) is 19.5 Å². The zero-order chi connectivity index (χ0) is 11.1. The minimum absolute atomic E-state index is 0.00549. The largest absolute Gasteiger partial charge is 0.385 e. The average Bonchev–Trinajstić information content (AvgIpc) is 2.25. The number of hydrogen-bond acceptors (Lipinski definition) is 4. The molecule has 0 aromatic carbocycles. The van der Waals surface area contributed by atoms with Crippen molar-refractivity contribution >= 4 is 17.5 Å². The summed E-state index contributed by atoms with van der Waals surface area (Å²) < 4.78 is 4.96. The van der Waals surface area contributed by atoms with Gasteiger partial charge in [0.2, 0.25) is 0 Å². The van der Waals surface area contributed by atoms with Gasteiger partial charge in [-0.25, -0.2) is 0 Å². The average molecular weight is 225 g/mol. The third-order valence-corrected chi connectivity index (χ3v) is 2.93. The highest BCUT2D eigenvalue weighted by molar-refractivity contribution is 7.99. The summed E-state index contributed by atoms with van der Waals surface area (Å²) in [5, 5.41) is 0. The van der Waals surface area contributed by atoms with Gasteiger partial charge in [-0.15, -0.1) is 11.8 Å². The van der Waals surface area contributed by atoms with Crippen LogP contribution in [0.25, 0.3) is 0 Å². The molecule has 1 aromatic rings. The van der Waals surface area contributed by atoms with Crippen molar-refractivity contribution in [2.24, 2.45) is 0 Å². The van der Waals surface area contributed by atoms with Gasteiger partial charge in [-0.3, -0.25) is 9.78 Å². The zero-order valence-corrected chi connectivity index (χ0v) is 9.84. The molecule has 15 heavy (non-hydrogen) atoms. The molecule has 0 atom stereocenters. The molecule has 0 bridgehead atoms. The number of hydrogen-bond donors (Lipinski definition) is 0. The molecule has 1 aromatic heterocycles. The normalized spacial score (nSPS) is 10.3. The van der Waals surface area contributed by atoms with Crippen LogP contribution in [0.4, 0.5) is 0 Å². The first-order valence-electron chi connectivity index (χ1n) is 4.83. The van der Waals surface area contributed by atoms with Crippen LogP contribution in [0.2, 0.25) is 0 Å². The van der Waals surface area contributed by atoms with E-state index in [1.807, 2.05) is 6.07 Å². The van der Waals surface area contributed by atoms with E-state index in [0.717, 1.165) is 23.7 Å². The van der Waals surface area contributed by atoms with E-state index in [2.05, 4.69) is 4.98 Å². The molecule has 0 N–H and O–H groups in total. The first-order valence-corrected chi connectivity index (χ1v) is 5.81. The van der Waals surface area contributed by atoms with Crippen molar-refractivity contribution in [3.05, 3.63) is 24.0 Å². The van der Waals surface area contributed by atoms with Gasteiger partial charge in [0.25, 0.3) is 0 Å². The first-order chi connectivity index (χ1) is 7.24. The smallest absolute Gasteiger partial charge is 0.178 e. The summed E-state index contributed by atoms with van der Waals surface area (Å²) in [5.74, 6) is 1.01. The van der Waals surface area contributed by atoms with E-state index in [-0.39, 0.29) is 5.78 Å². The number of ketones is 1. The minimum atomic E-state index is 0.00549. The molecule has 3 nitrogen and oxygen atoms in total. The van der Waals surface area contributed by atoms with E-state index >= 15 is 0 Å². The molecule has 0 spiro atoms. The number of rotatable bonds is 6. The number of pyridine rings is 1. The molecule has 0 aliphatic heterocycles. The summed E-state index contributed by atoms with van der Waals surface area (Å²) in [5.41, 5.74) is 0.524. The summed E-state index contributed by atoms with van der Waals surface area (Å²) in [4.78, 5) is 16.1. The maximum absolute atomic E-state index is 11.0. The molecule has 1 rings (SSSR count). The van der Waals surface area contributed by atoms with Gasteiger partial charge in [0.15, 0.2) is 5.78 Å². The molecule has 82 valence electrons. The predicted molar refractivity (Wildman–Crippen MR) is 61.5 cm³/mol. The summed E-state index contributed by atoms with van der Waals surface area (Å²) in [7, 11) is 1.70. The lowest BCUT2D eigenvalue weighted by Crippen LogP contribution is -1.95. The molecule has 0 saturated carbocycles. The van der Waals surface area contributed by atoms with Gasteiger partial charge in [-0.05, 0) is 18.6 Å². The Kier molecular flexibility index (Phi) is 5.36. The Labute approximate surface area is 94.2 Å². The highest BCUT2D eigenvalue weighted by Gasteiger charge is 2.00. The van der Waals surface area contributed by atoms with Crippen LogP contribution in [0.1, 0.15) is 23.8 Å². The number of Topliss-reactive ketones (excluding diaryl/α,β-unsaturated/α-hetero) is 1. The minimum Gasteiger partial charge on any atom is -0.385 e. The van der Waals surface area contributed by atoms with Crippen molar-refractivity contribution in [1.29, 1.82) is 0 Å². The summed E-state index contributed by atoms with van der Waals surface area (Å²) >= 11 is 1.73. The second-order valence-electron chi connectivity index (χ2n) is 3.13. The van der Waals surface area contributed by atoms with Crippen LogP contribution in [0.15, 0.2) is 23.2 Å². The lowest BCUT2D eigenvalue weighted by molar-refractivity contribution is 0.101. The van der Waals surface area contributed by atoms with Crippen LogP contribution < -0.4 is 0 Å². The van der Waals surface area contributed by atoms with Crippen molar-refractivity contribution in [3.63, 3.8) is 0 Å². The Morgan fingerprint density at radius 3 is 2.87 bits per heavy atom. The highest BCUT2D eigenvalue weighted by Crippen LogP contribution is 2.17. The Bertz CT molecular complexity index is 311. The number of aromatic nitrogens is 1. The lowest BCUT2D eigenvalue weighted by Gasteiger charge is -2.01. The summed E-state index contributed by atoms with van der Waals surface area (Å²) in [6, 6.07) is 3.70. The van der Waals surface area contributed by atoms with Crippen LogP contribution in [0.3, 0.4) is 0 Å². The molecule has 0 aliphatic carbocycles. The van der Waals surface area contributed by atoms with Gasteiger partial charge in [0.05, 0.1) is 0 Å². The quantitative estimate of drug-likeness (QED) is 0.423. The molecule has 1 heterocycles. The maximum Gasteiger partial charge on any atom is 0.178 e. The van der Waals surface area contributed by atoms with Gasteiger partial charge < -0.3 is 4.74 Å². The fourth-order valence-corrected chi connectivity index (χ4v) is 1.86. The van der Waals surface area contributed by atoms with Gasteiger partial charge in [0.1, 0.15) is 5.69 Å². The highest BCUT2D eigenvalue weighted by atomic mass is 32.2. The van der Waals surface area contributed by atoms with Crippen LogP contribution >= 0.6 is 11.8 Å². The monoisotopic (exact) mass is 225 g/mol. The fraction of sp³-hybridized carbons (Fsp3) is 0.455. The number of carbonyl (C=O) groups is 1. The number of thioether (sulfide) groups is 1. The number of ether oxygens (including phenoxy) is 1. The Morgan fingerprint density at radius 2 is 2.33 bits per heavy atom. The number of carbonyl (C=O) groups excluding carboxylic acids is 1. The summed E-state index contributed by atoms with van der Waals surface area (Å²) in [6.45, 7) is 2.31. The molecule has 4 heteroatoms. The molecule has 0 aliphatic rings. The van der Waals surface area contributed by atoms with Crippen molar-refractivity contribution < 1.29 is 9.53 Å². The van der Waals surface area contributed by atoms with Crippen molar-refractivity contribution in [3.8, 4) is 0 Å².